The second-order valence-electron chi connectivity index (χ2n) is 10.8. The maximum absolute atomic E-state index is 13.9. The predicted molar refractivity (Wildman–Crippen MR) is 143 cm³/mol. The molecular formula is C26H39N5O7S. The van der Waals surface area contributed by atoms with Gasteiger partial charge in [0, 0.05) is 69.4 Å². The van der Waals surface area contributed by atoms with Gasteiger partial charge in [0.05, 0.1) is 25.9 Å². The van der Waals surface area contributed by atoms with Gasteiger partial charge in [-0.1, -0.05) is 6.92 Å². The molecule has 39 heavy (non-hydrogen) atoms. The SMILES string of the molecule is CCCNC(=O)N1CCC2(CCOc3cc(N4CCOCC4)ccc3S(=O)(=O)N3C[C@H](O)C[C@H]3C(=O)N2)CC1. The highest BCUT2D eigenvalue weighted by Gasteiger charge is 2.47. The van der Waals surface area contributed by atoms with Gasteiger partial charge in [0.15, 0.2) is 0 Å². The summed E-state index contributed by atoms with van der Waals surface area (Å²) in [4.78, 5) is 30.0. The molecule has 216 valence electrons. The van der Waals surface area contributed by atoms with Crippen LogP contribution >= 0.6 is 0 Å². The fraction of sp³-hybridized carbons (Fsp3) is 0.692. The summed E-state index contributed by atoms with van der Waals surface area (Å²) < 4.78 is 40.5. The first-order valence-electron chi connectivity index (χ1n) is 13.9. The van der Waals surface area contributed by atoms with Crippen LogP contribution < -0.4 is 20.3 Å². The predicted octanol–water partition coefficient (Wildman–Crippen LogP) is 0.500. The molecule has 0 aromatic heterocycles. The van der Waals surface area contributed by atoms with Crippen LogP contribution in [-0.4, -0.2) is 111 Å². The van der Waals surface area contributed by atoms with Gasteiger partial charge in [0.1, 0.15) is 16.7 Å². The Morgan fingerprint density at radius 3 is 2.62 bits per heavy atom. The van der Waals surface area contributed by atoms with E-state index in [2.05, 4.69) is 15.5 Å². The number of carbonyl (C=O) groups excluding carboxylic acids is 2. The highest BCUT2D eigenvalue weighted by Crippen LogP contribution is 2.37. The van der Waals surface area contributed by atoms with Crippen LogP contribution in [0.3, 0.4) is 0 Å². The number of morpholine rings is 1. The number of rotatable bonds is 3. The number of fused-ring (bicyclic) bond motifs is 2. The zero-order chi connectivity index (χ0) is 27.6. The van der Waals surface area contributed by atoms with Crippen molar-refractivity contribution in [3.8, 4) is 5.75 Å². The van der Waals surface area contributed by atoms with E-state index >= 15 is 0 Å². The van der Waals surface area contributed by atoms with Crippen LogP contribution in [-0.2, 0) is 19.6 Å². The number of carbonyl (C=O) groups is 2. The first-order chi connectivity index (χ1) is 18.7. The lowest BCUT2D eigenvalue weighted by atomic mass is 9.84. The number of hydrogen-bond donors (Lipinski definition) is 3. The number of nitrogens with zero attached hydrogens (tertiary/aromatic N) is 3. The van der Waals surface area contributed by atoms with E-state index in [9.17, 15) is 23.1 Å². The average molecular weight is 566 g/mol. The van der Waals surface area contributed by atoms with Crippen molar-refractivity contribution in [2.45, 2.75) is 61.6 Å². The Labute approximate surface area is 229 Å². The molecule has 1 spiro atoms. The summed E-state index contributed by atoms with van der Waals surface area (Å²) in [6, 6.07) is 3.90. The number of ether oxygens (including phenoxy) is 2. The number of piperidine rings is 1. The number of sulfonamides is 1. The van der Waals surface area contributed by atoms with E-state index in [4.69, 9.17) is 9.47 Å². The molecule has 0 radical (unpaired) electrons. The molecule has 5 rings (SSSR count). The molecular weight excluding hydrogens is 526 g/mol. The van der Waals surface area contributed by atoms with E-state index in [-0.39, 0.29) is 36.2 Å². The number of anilines is 1. The number of likely N-dealkylation sites (tertiary alicyclic amines) is 1. The van der Waals surface area contributed by atoms with Crippen molar-refractivity contribution in [3.63, 3.8) is 0 Å². The minimum absolute atomic E-state index is 0.00947. The summed E-state index contributed by atoms with van der Waals surface area (Å²) in [7, 11) is -4.14. The molecule has 4 aliphatic heterocycles. The lowest BCUT2D eigenvalue weighted by Crippen LogP contribution is -2.60. The summed E-state index contributed by atoms with van der Waals surface area (Å²) in [5.41, 5.74) is 0.184. The molecule has 2 atom stereocenters. The summed E-state index contributed by atoms with van der Waals surface area (Å²) >= 11 is 0. The smallest absolute Gasteiger partial charge is 0.317 e. The van der Waals surface area contributed by atoms with Gasteiger partial charge in [-0.2, -0.15) is 4.31 Å². The van der Waals surface area contributed by atoms with E-state index in [0.717, 1.165) is 16.4 Å². The van der Waals surface area contributed by atoms with Gasteiger partial charge in [-0.15, -0.1) is 0 Å². The molecule has 1 aromatic rings. The Morgan fingerprint density at radius 1 is 1.15 bits per heavy atom. The maximum atomic E-state index is 13.9. The topological polar surface area (TPSA) is 141 Å². The van der Waals surface area contributed by atoms with Crippen molar-refractivity contribution in [1.29, 1.82) is 0 Å². The second kappa shape index (κ2) is 11.5. The molecule has 4 aliphatic rings. The Morgan fingerprint density at radius 2 is 1.90 bits per heavy atom. The van der Waals surface area contributed by atoms with Crippen molar-refractivity contribution >= 4 is 27.6 Å². The quantitative estimate of drug-likeness (QED) is 0.481. The molecule has 13 heteroatoms. The summed E-state index contributed by atoms with van der Waals surface area (Å²) in [5, 5.41) is 16.5. The third kappa shape index (κ3) is 5.81. The zero-order valence-corrected chi connectivity index (χ0v) is 23.2. The minimum atomic E-state index is -4.14. The van der Waals surface area contributed by atoms with Crippen LogP contribution in [0.1, 0.15) is 39.0 Å². The first-order valence-corrected chi connectivity index (χ1v) is 15.3. The van der Waals surface area contributed by atoms with Gasteiger partial charge in [-0.05, 0) is 31.4 Å². The van der Waals surface area contributed by atoms with Gasteiger partial charge in [-0.3, -0.25) is 4.79 Å². The molecule has 0 bridgehead atoms. The van der Waals surface area contributed by atoms with Crippen molar-refractivity contribution in [1.82, 2.24) is 19.8 Å². The van der Waals surface area contributed by atoms with Crippen LogP contribution in [0.4, 0.5) is 10.5 Å². The number of benzene rings is 1. The molecule has 0 unspecified atom stereocenters. The van der Waals surface area contributed by atoms with Crippen LogP contribution in [0.5, 0.6) is 5.75 Å². The fourth-order valence-corrected chi connectivity index (χ4v) is 7.63. The highest BCUT2D eigenvalue weighted by molar-refractivity contribution is 7.89. The van der Waals surface area contributed by atoms with Gasteiger partial charge in [0.2, 0.25) is 15.9 Å². The Balaban J connectivity index is 1.44. The number of aliphatic hydroxyl groups excluding tert-OH is 1. The number of aliphatic hydroxyl groups is 1. The summed E-state index contributed by atoms with van der Waals surface area (Å²) in [6.45, 7) is 6.12. The molecule has 0 aliphatic carbocycles. The van der Waals surface area contributed by atoms with Crippen LogP contribution in [0.25, 0.3) is 0 Å². The van der Waals surface area contributed by atoms with E-state index < -0.39 is 33.6 Å². The highest BCUT2D eigenvalue weighted by atomic mass is 32.2. The monoisotopic (exact) mass is 565 g/mol. The molecule has 12 nitrogen and oxygen atoms in total. The number of urea groups is 1. The second-order valence-corrected chi connectivity index (χ2v) is 12.7. The molecule has 3 fully saturated rings. The van der Waals surface area contributed by atoms with Gasteiger partial charge < -0.3 is 35.0 Å². The van der Waals surface area contributed by atoms with Crippen molar-refractivity contribution < 1.29 is 32.6 Å². The Kier molecular flexibility index (Phi) is 8.22. The average Bonchev–Trinajstić information content (AvgIpc) is 3.34. The van der Waals surface area contributed by atoms with Crippen molar-refractivity contribution in [2.24, 2.45) is 0 Å². The van der Waals surface area contributed by atoms with E-state index in [1.165, 1.54) is 6.07 Å². The first kappa shape index (κ1) is 27.9. The van der Waals surface area contributed by atoms with Crippen LogP contribution in [0.2, 0.25) is 0 Å². The van der Waals surface area contributed by atoms with Crippen LogP contribution in [0, 0.1) is 0 Å². The van der Waals surface area contributed by atoms with Crippen LogP contribution in [0.15, 0.2) is 23.1 Å². The zero-order valence-electron chi connectivity index (χ0n) is 22.4. The fourth-order valence-electron chi connectivity index (χ4n) is 5.88. The molecule has 0 saturated carbocycles. The standard InChI is InChI=1S/C26H39N5O7S/c1-2-8-27-25(34)30-9-5-26(6-10-30)7-13-38-22-16-19(29-11-14-37-15-12-29)3-4-23(22)39(35,36)31-18-20(32)17-21(31)24(33)28-26/h3-4,16,20-21,32H,2,5-15,17-18H2,1H3,(H,27,34)(H,28,33)/t20-,21+/m1/s1. The third-order valence-corrected chi connectivity index (χ3v) is 10.1. The maximum Gasteiger partial charge on any atom is 0.317 e. The van der Waals surface area contributed by atoms with E-state index in [1.807, 2.05) is 6.92 Å². The Hall–Kier alpha value is -2.61. The molecule has 4 heterocycles. The van der Waals surface area contributed by atoms with Gasteiger partial charge in [-0.25, -0.2) is 13.2 Å². The van der Waals surface area contributed by atoms with Crippen molar-refractivity contribution in [2.75, 3.05) is 64.0 Å². The van der Waals surface area contributed by atoms with Gasteiger partial charge >= 0.3 is 6.03 Å². The summed E-state index contributed by atoms with van der Waals surface area (Å²) in [5.74, 6) is -0.188. The largest absolute Gasteiger partial charge is 0.492 e. The molecule has 3 amide bonds. The molecule has 1 aromatic carbocycles. The number of hydrogen-bond acceptors (Lipinski definition) is 8. The third-order valence-electron chi connectivity index (χ3n) is 8.19. The summed E-state index contributed by atoms with van der Waals surface area (Å²) in [6.07, 6.45) is 1.41. The van der Waals surface area contributed by atoms with Gasteiger partial charge in [0.25, 0.3) is 0 Å². The molecule has 3 N–H and O–H groups in total. The van der Waals surface area contributed by atoms with E-state index in [1.54, 1.807) is 17.0 Å². The van der Waals surface area contributed by atoms with Crippen molar-refractivity contribution in [3.05, 3.63) is 18.2 Å². The minimum Gasteiger partial charge on any atom is -0.492 e. The number of nitrogens with one attached hydrogen (secondary N) is 2. The normalized spacial score (nSPS) is 27.1. The lowest BCUT2D eigenvalue weighted by Gasteiger charge is -2.43. The Bertz CT molecular complexity index is 1170. The lowest BCUT2D eigenvalue weighted by molar-refractivity contribution is -0.127. The number of amides is 3. The van der Waals surface area contributed by atoms with E-state index in [0.29, 0.717) is 65.2 Å². The molecule has 3 saturated heterocycles.